The summed E-state index contributed by atoms with van der Waals surface area (Å²) < 4.78 is 0. The van der Waals surface area contributed by atoms with Crippen LogP contribution in [0.25, 0.3) is 0 Å². The zero-order chi connectivity index (χ0) is 24.5. The highest BCUT2D eigenvalue weighted by Gasteiger charge is 2.11. The van der Waals surface area contributed by atoms with Gasteiger partial charge in [-0.15, -0.1) is 0 Å². The van der Waals surface area contributed by atoms with Crippen molar-refractivity contribution in [3.05, 3.63) is 95.1 Å². The molecule has 0 unspecified atom stereocenters. The summed E-state index contributed by atoms with van der Waals surface area (Å²) in [6, 6.07) is 21.3. The summed E-state index contributed by atoms with van der Waals surface area (Å²) in [5.41, 5.74) is 4.09. The highest BCUT2D eigenvalue weighted by molar-refractivity contribution is 6.07. The Kier molecular flexibility index (Phi) is 8.12. The van der Waals surface area contributed by atoms with E-state index in [9.17, 15) is 9.59 Å². The Labute approximate surface area is 199 Å². The summed E-state index contributed by atoms with van der Waals surface area (Å²) in [6.45, 7) is 0. The molecule has 3 aromatic carbocycles. The van der Waals surface area contributed by atoms with Crippen molar-refractivity contribution in [1.82, 2.24) is 10.6 Å². The van der Waals surface area contributed by atoms with E-state index in [2.05, 4.69) is 31.3 Å². The lowest BCUT2D eigenvalue weighted by Gasteiger charge is -2.10. The van der Waals surface area contributed by atoms with Gasteiger partial charge in [0, 0.05) is 61.8 Å². The second-order valence-electron chi connectivity index (χ2n) is 7.28. The number of nitrogens with zero attached hydrogens (tertiary/aromatic N) is 2. The van der Waals surface area contributed by atoms with Crippen molar-refractivity contribution >= 4 is 34.9 Å². The van der Waals surface area contributed by atoms with Crippen LogP contribution in [0, 0.1) is 0 Å². The number of carbonyl (C=O) groups is 2. The molecule has 0 aliphatic heterocycles. The van der Waals surface area contributed by atoms with Crippen molar-refractivity contribution in [2.75, 3.05) is 38.8 Å². The zero-order valence-corrected chi connectivity index (χ0v) is 19.6. The first-order valence-electron chi connectivity index (χ1n) is 10.7. The van der Waals surface area contributed by atoms with Gasteiger partial charge >= 0.3 is 0 Å². The first-order valence-corrected chi connectivity index (χ1v) is 10.7. The number of nitrogens with one attached hydrogen (secondary N) is 4. The van der Waals surface area contributed by atoms with E-state index < -0.39 is 0 Å². The van der Waals surface area contributed by atoms with Crippen LogP contribution in [0.2, 0.25) is 0 Å². The third-order valence-electron chi connectivity index (χ3n) is 5.16. The summed E-state index contributed by atoms with van der Waals surface area (Å²) in [5.74, 6) is 1.01. The van der Waals surface area contributed by atoms with Gasteiger partial charge in [-0.1, -0.05) is 0 Å². The third-order valence-corrected chi connectivity index (χ3v) is 5.16. The van der Waals surface area contributed by atoms with Crippen molar-refractivity contribution in [1.29, 1.82) is 0 Å². The number of hydrogen-bond acceptors (Lipinski definition) is 4. The Morgan fingerprint density at radius 3 is 1.09 bits per heavy atom. The molecule has 8 heteroatoms. The van der Waals surface area contributed by atoms with Gasteiger partial charge in [0.2, 0.25) is 0 Å². The van der Waals surface area contributed by atoms with Gasteiger partial charge in [-0.2, -0.15) is 0 Å². The standard InChI is InChI=1S/C26H28N6O2/c1-27-23(28-2)17-9-13-21(14-10-17)31-25(33)19-5-7-20(8-6-19)26(34)32-22-15-11-18(12-16-22)24(29-3)30-4/h5-16H,1-4H3,(H,27,28)(H,29,30)(H,31,33)(H,32,34). The fourth-order valence-corrected chi connectivity index (χ4v) is 3.37. The van der Waals surface area contributed by atoms with Gasteiger partial charge in [-0.3, -0.25) is 19.6 Å². The van der Waals surface area contributed by atoms with Crippen molar-refractivity contribution < 1.29 is 9.59 Å². The van der Waals surface area contributed by atoms with Gasteiger partial charge in [0.05, 0.1) is 0 Å². The van der Waals surface area contributed by atoms with Crippen molar-refractivity contribution in [3.63, 3.8) is 0 Å². The fraction of sp³-hybridized carbons (Fsp3) is 0.154. The first-order chi connectivity index (χ1) is 16.5. The Bertz CT molecular complexity index is 1100. The average Bonchev–Trinajstić information content (AvgIpc) is 2.87. The smallest absolute Gasteiger partial charge is 0.255 e. The predicted octanol–water partition coefficient (Wildman–Crippen LogP) is 3.38. The van der Waals surface area contributed by atoms with Gasteiger partial charge in [0.25, 0.3) is 11.8 Å². The van der Waals surface area contributed by atoms with E-state index in [0.717, 1.165) is 22.8 Å². The van der Waals surface area contributed by atoms with Crippen molar-refractivity contribution in [2.45, 2.75) is 0 Å². The summed E-state index contributed by atoms with van der Waals surface area (Å²) >= 11 is 0. The van der Waals surface area contributed by atoms with Crippen LogP contribution in [-0.2, 0) is 0 Å². The van der Waals surface area contributed by atoms with Crippen LogP contribution in [0.15, 0.2) is 82.8 Å². The molecule has 0 heterocycles. The number of amides is 2. The zero-order valence-electron chi connectivity index (χ0n) is 19.6. The lowest BCUT2D eigenvalue weighted by atomic mass is 10.1. The molecule has 2 amide bonds. The molecule has 0 aliphatic rings. The van der Waals surface area contributed by atoms with Crippen LogP contribution in [-0.4, -0.2) is 51.7 Å². The van der Waals surface area contributed by atoms with Crippen LogP contribution >= 0.6 is 0 Å². The second-order valence-corrected chi connectivity index (χ2v) is 7.28. The van der Waals surface area contributed by atoms with E-state index in [1.54, 1.807) is 52.5 Å². The minimum Gasteiger partial charge on any atom is -0.373 e. The molecule has 0 spiro atoms. The Morgan fingerprint density at radius 2 is 0.824 bits per heavy atom. The molecule has 8 nitrogen and oxygen atoms in total. The molecular weight excluding hydrogens is 428 g/mol. The lowest BCUT2D eigenvalue weighted by Crippen LogP contribution is -2.19. The van der Waals surface area contributed by atoms with Crippen LogP contribution in [0.3, 0.4) is 0 Å². The van der Waals surface area contributed by atoms with Crippen LogP contribution < -0.4 is 21.3 Å². The highest BCUT2D eigenvalue weighted by atomic mass is 16.2. The van der Waals surface area contributed by atoms with Crippen LogP contribution in [0.1, 0.15) is 31.8 Å². The minimum atomic E-state index is -0.258. The van der Waals surface area contributed by atoms with Gasteiger partial charge in [0.1, 0.15) is 11.7 Å². The SMILES string of the molecule is CN=C(NC)c1ccc(NC(=O)c2ccc(C(=O)Nc3ccc(C(=NC)NC)cc3)cc2)cc1. The molecule has 3 rings (SSSR count). The molecule has 0 aliphatic carbocycles. The molecule has 0 fully saturated rings. The van der Waals surface area contributed by atoms with Gasteiger partial charge in [0.15, 0.2) is 0 Å². The monoisotopic (exact) mass is 456 g/mol. The van der Waals surface area contributed by atoms with Crippen LogP contribution in [0.4, 0.5) is 11.4 Å². The summed E-state index contributed by atoms with van der Waals surface area (Å²) in [7, 11) is 7.04. The van der Waals surface area contributed by atoms with E-state index in [1.807, 2.05) is 48.5 Å². The number of aliphatic imine (C=N–C) groups is 2. The maximum atomic E-state index is 12.6. The molecule has 0 saturated carbocycles. The quantitative estimate of drug-likeness (QED) is 0.337. The molecule has 34 heavy (non-hydrogen) atoms. The maximum absolute atomic E-state index is 12.6. The number of anilines is 2. The summed E-state index contributed by atoms with van der Waals surface area (Å²) in [6.07, 6.45) is 0. The van der Waals surface area contributed by atoms with Crippen molar-refractivity contribution in [3.8, 4) is 0 Å². The molecule has 0 saturated heterocycles. The predicted molar refractivity (Wildman–Crippen MR) is 138 cm³/mol. The minimum absolute atomic E-state index is 0.258. The number of rotatable bonds is 6. The topological polar surface area (TPSA) is 107 Å². The van der Waals surface area contributed by atoms with Crippen molar-refractivity contribution in [2.24, 2.45) is 9.98 Å². The Morgan fingerprint density at radius 1 is 0.529 bits per heavy atom. The number of benzene rings is 3. The van der Waals surface area contributed by atoms with Gasteiger partial charge in [-0.25, -0.2) is 0 Å². The summed E-state index contributed by atoms with van der Waals surface area (Å²) in [5, 5.41) is 11.8. The number of hydrogen-bond donors (Lipinski definition) is 4. The molecule has 174 valence electrons. The third kappa shape index (κ3) is 5.86. The van der Waals surface area contributed by atoms with E-state index in [0.29, 0.717) is 22.5 Å². The van der Waals surface area contributed by atoms with E-state index >= 15 is 0 Å². The highest BCUT2D eigenvalue weighted by Crippen LogP contribution is 2.15. The van der Waals surface area contributed by atoms with E-state index in [-0.39, 0.29) is 11.8 Å². The van der Waals surface area contributed by atoms with Gasteiger partial charge in [-0.05, 0) is 72.8 Å². The molecule has 4 N–H and O–H groups in total. The number of carbonyl (C=O) groups excluding carboxylic acids is 2. The Balaban J connectivity index is 1.61. The second kappa shape index (κ2) is 11.4. The average molecular weight is 457 g/mol. The van der Waals surface area contributed by atoms with Gasteiger partial charge < -0.3 is 21.3 Å². The van der Waals surface area contributed by atoms with Crippen LogP contribution in [0.5, 0.6) is 0 Å². The molecule has 3 aromatic rings. The normalized spacial score (nSPS) is 11.5. The molecular formula is C26H28N6O2. The Hall–Kier alpha value is -4.46. The fourth-order valence-electron chi connectivity index (χ4n) is 3.37. The maximum Gasteiger partial charge on any atom is 0.255 e. The lowest BCUT2D eigenvalue weighted by molar-refractivity contribution is 0.101. The first kappa shape index (κ1) is 24.2. The molecule has 0 atom stereocenters. The largest absolute Gasteiger partial charge is 0.373 e. The molecule has 0 radical (unpaired) electrons. The van der Waals surface area contributed by atoms with E-state index in [4.69, 9.17) is 0 Å². The summed E-state index contributed by atoms with van der Waals surface area (Å²) in [4.78, 5) is 33.5. The molecule has 0 bridgehead atoms. The molecule has 0 aromatic heterocycles. The van der Waals surface area contributed by atoms with E-state index in [1.165, 1.54) is 0 Å². The number of amidine groups is 2.